The average molecular weight is 2000 g/mol. The Balaban J connectivity index is 0.000000191. The Morgan fingerprint density at radius 3 is 0.805 bits per heavy atom. The van der Waals surface area contributed by atoms with Crippen molar-refractivity contribution in [3.8, 4) is 11.3 Å². The largest absolute Gasteiger partial charge is 1.00 e. The Hall–Kier alpha value is -9.20. The summed E-state index contributed by atoms with van der Waals surface area (Å²) < 4.78 is 25.5. The van der Waals surface area contributed by atoms with E-state index in [4.69, 9.17) is 54.2 Å². The maximum Gasteiger partial charge on any atom is 1.00 e. The van der Waals surface area contributed by atoms with E-state index in [1.807, 2.05) is 45.9 Å². The molecule has 1 saturated heterocycles. The molecule has 9 nitrogen and oxygen atoms in total. The van der Waals surface area contributed by atoms with Gasteiger partial charge < -0.3 is 20.9 Å². The van der Waals surface area contributed by atoms with Crippen molar-refractivity contribution in [2.24, 2.45) is 0 Å². The molecule has 133 heavy (non-hydrogen) atoms. The number of halogens is 4. The van der Waals surface area contributed by atoms with Crippen LogP contribution in [0.25, 0.3) is 33.1 Å². The molecule has 0 saturated carbocycles. The van der Waals surface area contributed by atoms with E-state index in [0.717, 1.165) is 38.5 Å². The zero-order chi connectivity index (χ0) is 91.6. The van der Waals surface area contributed by atoms with Gasteiger partial charge in [-0.25, -0.2) is 24.3 Å². The summed E-state index contributed by atoms with van der Waals surface area (Å²) in [4.78, 5) is 27.9. The van der Waals surface area contributed by atoms with Crippen molar-refractivity contribution in [1.82, 2.24) is 19.9 Å². The number of carbonyl (C=O) groups is 1. The number of aromatic nitrogens is 4. The van der Waals surface area contributed by atoms with E-state index in [2.05, 4.69) is 422 Å². The van der Waals surface area contributed by atoms with Crippen LogP contribution in [-0.4, -0.2) is 44.7 Å². The van der Waals surface area contributed by atoms with Gasteiger partial charge in [-0.3, -0.25) is 4.79 Å². The monoisotopic (exact) mass is 1990 g/mol. The zero-order valence-corrected chi connectivity index (χ0v) is 87.6. The number of nitrogens with zero attached hydrogens (tertiary/aromatic N) is 4. The minimum absolute atomic E-state index is 0. The molecule has 0 bridgehead atoms. The summed E-state index contributed by atoms with van der Waals surface area (Å²) in [6.07, 6.45) is 3.01. The van der Waals surface area contributed by atoms with Crippen molar-refractivity contribution in [1.29, 1.82) is 0 Å². The summed E-state index contributed by atoms with van der Waals surface area (Å²) in [5.74, 6) is -0.157. The van der Waals surface area contributed by atoms with E-state index in [1.54, 1.807) is 50.5 Å². The fraction of sp³-hybridized carbons (Fsp3) is 0.0982. The molecule has 1 aliphatic rings. The van der Waals surface area contributed by atoms with Crippen LogP contribution in [0.1, 0.15) is 56.9 Å². The molecule has 18 aromatic rings. The Labute approximate surface area is 862 Å². The second-order valence-corrected chi connectivity index (χ2v) is 41.2. The predicted molar refractivity (Wildman–Crippen MR) is 554 cm³/mol. The average Bonchev–Trinajstić information content (AvgIpc) is 1.61. The molecule has 3 heterocycles. The van der Waals surface area contributed by atoms with Gasteiger partial charge in [0.15, 0.2) is 0 Å². The Kier molecular flexibility index (Phi) is 44.5. The van der Waals surface area contributed by atoms with E-state index < -0.39 is 38.8 Å². The van der Waals surface area contributed by atoms with Gasteiger partial charge in [0.25, 0.3) is 6.47 Å². The van der Waals surface area contributed by atoms with E-state index in [1.165, 1.54) is 86.7 Å². The Morgan fingerprint density at radius 1 is 0.338 bits per heavy atom. The smallest absolute Gasteiger partial charge is 1.00 e. The first-order valence-electron chi connectivity index (χ1n) is 42.4. The summed E-state index contributed by atoms with van der Waals surface area (Å²) in [5.41, 5.74) is 9.00. The number of rotatable bonds is 15. The minimum atomic E-state index is -0.446. The molecule has 0 radical (unpaired) electrons. The van der Waals surface area contributed by atoms with Gasteiger partial charge in [-0.15, -0.1) is 0 Å². The summed E-state index contributed by atoms with van der Waals surface area (Å²) in [7, 11) is -2.21. The molecule has 0 unspecified atom stereocenters. The summed E-state index contributed by atoms with van der Waals surface area (Å²) in [6.45, 7) is 17.8. The van der Waals surface area contributed by atoms with E-state index in [0.29, 0.717) is 26.3 Å². The molecule has 0 amide bonds. The maximum atomic E-state index is 13.6. The third-order valence-electron chi connectivity index (χ3n) is 21.5. The molecular weight excluding hydrogens is 1890 g/mol. The summed E-state index contributed by atoms with van der Waals surface area (Å²) in [6, 6.07) is 148. The standard InChI is InChI=1S/4C18H15P.C17H15ClN2.C14H20BFO2.C8H4Cl2N2.CH2O3.2Na.Pd.H/c4*1-4-10-16(11-5-1)19(17-12-6-2-7-13-17)18-14-8-3-9-15-18;1-10-6-13(7-11(2)12(10)3)17-15-5-4-14(18)8-16(15)19-9-20-17;1-9-7-11(8-10(2)12(9)16)15-17-13(3,4)14(5,6)18-15;9-5-1-2-6-7(3-5)11-4-12-8(6)10;2-1-4-3;;;;/h4*1-15H;4-9H,1-3H3;7-8H,1-6H3;1-4H;1,3H;;;;/q;;;;;;;;2*+1;;-1/p-1. The van der Waals surface area contributed by atoms with Gasteiger partial charge in [-0.1, -0.05) is 411 Å². The van der Waals surface area contributed by atoms with E-state index in [-0.39, 0.29) is 104 Å². The number of benzene rings is 16. The van der Waals surface area contributed by atoms with Crippen molar-refractivity contribution in [3.63, 3.8) is 0 Å². The molecule has 16 aromatic carbocycles. The van der Waals surface area contributed by atoms with Gasteiger partial charge in [0.2, 0.25) is 0 Å². The zero-order valence-electron chi connectivity index (χ0n) is 77.2. The molecule has 0 atom stereocenters. The number of aryl methyl sites for hydroxylation is 4. The Bertz CT molecular complexity index is 5630. The maximum absolute atomic E-state index is 13.6. The van der Waals surface area contributed by atoms with Crippen molar-refractivity contribution >= 4 is 171 Å². The quantitative estimate of drug-likeness (QED) is 0.0247. The van der Waals surface area contributed by atoms with E-state index in [9.17, 15) is 4.39 Å². The summed E-state index contributed by atoms with van der Waals surface area (Å²) in [5, 5.41) is 28.9. The Morgan fingerprint density at radius 2 is 0.564 bits per heavy atom. The topological polar surface area (TPSA) is 119 Å². The molecule has 0 aliphatic carbocycles. The van der Waals surface area contributed by atoms with Crippen LogP contribution in [0, 0.1) is 40.4 Å². The van der Waals surface area contributed by atoms with Crippen LogP contribution in [0.2, 0.25) is 15.2 Å². The molecule has 0 N–H and O–H groups in total. The van der Waals surface area contributed by atoms with Gasteiger partial charge in [0.05, 0.1) is 27.9 Å². The van der Waals surface area contributed by atoms with Crippen LogP contribution >= 0.6 is 66.5 Å². The predicted octanol–water partition coefficient (Wildman–Crippen LogP) is 16.9. The third-order valence-corrected chi connectivity index (χ3v) is 32.1. The van der Waals surface area contributed by atoms with Crippen LogP contribution in [0.3, 0.4) is 0 Å². The second-order valence-electron chi connectivity index (χ2n) is 31.1. The molecule has 0 spiro atoms. The van der Waals surface area contributed by atoms with Crippen LogP contribution in [0.4, 0.5) is 4.39 Å². The first-order chi connectivity index (χ1) is 63.2. The fourth-order valence-corrected chi connectivity index (χ4v) is 24.0. The van der Waals surface area contributed by atoms with Crippen molar-refractivity contribution in [2.45, 2.75) is 73.5 Å². The first-order valence-corrected chi connectivity index (χ1v) is 48.9. The van der Waals surface area contributed by atoms with Crippen LogP contribution in [0.15, 0.2) is 437 Å². The number of hydrogen-bond donors (Lipinski definition) is 0. The molecular formula is C112H101BCl3FN4Na2O5P4Pd. The van der Waals surface area contributed by atoms with Crippen LogP contribution in [-0.2, 0) is 39.4 Å². The normalized spacial score (nSPS) is 11.7. The molecule has 21 heteroatoms. The first kappa shape index (κ1) is 107. The van der Waals surface area contributed by atoms with Gasteiger partial charge in [0.1, 0.15) is 23.6 Å². The molecule has 19 rings (SSSR count). The SMILES string of the molecule is Cc1cc(-c2ncnc3cc(Cl)ccc23)cc(C)c1C.Cc1cc(B2OC(C)(C)C(C)(C)O2)cc(C)c1F.Clc1ccc2c(Cl)ncnc2c1.O=CO[O-].[H-].[Na+].[Na+].[Pd].c1ccc(P(c2ccccc2)c2ccccc2)cc1.c1ccc(P(c2ccccc2)c2ccccc2)cc1.c1ccc(P(c2ccccc2)c2ccccc2)cc1.c1ccc(P(c2ccccc2)c2ccccc2)cc1. The van der Waals surface area contributed by atoms with Crippen LogP contribution in [0.5, 0.6) is 0 Å². The van der Waals surface area contributed by atoms with Gasteiger partial charge in [-0.05, 0) is 239 Å². The number of fused-ring (bicyclic) bond motifs is 2. The molecule has 2 aromatic heterocycles. The molecule has 662 valence electrons. The second kappa shape index (κ2) is 55.1. The number of carbonyl (C=O) groups excluding carboxylic acids is 1. The number of hydrogen-bond acceptors (Lipinski definition) is 9. The van der Waals surface area contributed by atoms with Crippen molar-refractivity contribution in [2.75, 3.05) is 0 Å². The molecule has 1 fully saturated rings. The molecule has 1 aliphatic heterocycles. The van der Waals surface area contributed by atoms with Gasteiger partial charge in [-0.2, -0.15) is 0 Å². The fourth-order valence-electron chi connectivity index (χ4n) is 14.2. The van der Waals surface area contributed by atoms with Gasteiger partial charge >= 0.3 is 66.2 Å². The van der Waals surface area contributed by atoms with Crippen molar-refractivity contribution < 1.29 is 110 Å². The van der Waals surface area contributed by atoms with Crippen molar-refractivity contribution in [3.05, 3.63) is 486 Å². The minimum Gasteiger partial charge on any atom is -1.00 e. The van der Waals surface area contributed by atoms with Gasteiger partial charge in [0, 0.05) is 46.8 Å². The third kappa shape index (κ3) is 30.9. The summed E-state index contributed by atoms with van der Waals surface area (Å²) >= 11 is 17.6. The van der Waals surface area contributed by atoms with Crippen LogP contribution < -0.4 is 133 Å². The van der Waals surface area contributed by atoms with E-state index >= 15 is 0 Å².